The zero-order valence-electron chi connectivity index (χ0n) is 15.1. The van der Waals surface area contributed by atoms with E-state index in [0.29, 0.717) is 18.1 Å². The van der Waals surface area contributed by atoms with E-state index in [2.05, 4.69) is 46.7 Å². The highest BCUT2D eigenvalue weighted by molar-refractivity contribution is 14.1. The summed E-state index contributed by atoms with van der Waals surface area (Å²) in [4.78, 5) is 16.9. The highest BCUT2D eigenvalue weighted by Crippen LogP contribution is 2.22. The monoisotopic (exact) mass is 457 g/mol. The quantitative estimate of drug-likeness (QED) is 0.706. The first-order valence-corrected chi connectivity index (χ1v) is 10.3. The van der Waals surface area contributed by atoms with Crippen LogP contribution in [0.4, 0.5) is 10.5 Å². The fourth-order valence-electron chi connectivity index (χ4n) is 3.89. The van der Waals surface area contributed by atoms with Gasteiger partial charge >= 0.3 is 6.03 Å². The minimum Gasteiger partial charge on any atom is -0.373 e. The molecule has 2 fully saturated rings. The second-order valence-corrected chi connectivity index (χ2v) is 8.59. The summed E-state index contributed by atoms with van der Waals surface area (Å²) in [5.74, 6) is 0.680. The smallest absolute Gasteiger partial charge is 0.321 e. The Kier molecular flexibility index (Phi) is 6.57. The summed E-state index contributed by atoms with van der Waals surface area (Å²) in [6.45, 7) is 9.17. The van der Waals surface area contributed by atoms with Crippen LogP contribution in [0.3, 0.4) is 0 Å². The number of benzene rings is 1. The summed E-state index contributed by atoms with van der Waals surface area (Å²) in [6, 6.07) is 7.94. The van der Waals surface area contributed by atoms with E-state index in [1.165, 1.54) is 0 Å². The Morgan fingerprint density at radius 2 is 1.92 bits per heavy atom. The maximum atomic E-state index is 12.4. The highest BCUT2D eigenvalue weighted by atomic mass is 127. The molecule has 0 spiro atoms. The van der Waals surface area contributed by atoms with E-state index in [4.69, 9.17) is 4.74 Å². The molecule has 0 saturated carbocycles. The lowest BCUT2D eigenvalue weighted by Gasteiger charge is -2.39. The van der Waals surface area contributed by atoms with Crippen molar-refractivity contribution in [1.82, 2.24) is 9.80 Å². The van der Waals surface area contributed by atoms with Crippen LogP contribution in [0.25, 0.3) is 0 Å². The number of carbonyl (C=O) groups excluding carboxylic acids is 1. The average Bonchev–Trinajstić information content (AvgIpc) is 2.54. The molecule has 2 saturated heterocycles. The lowest BCUT2D eigenvalue weighted by Crippen LogP contribution is -2.49. The van der Waals surface area contributed by atoms with E-state index >= 15 is 0 Å². The Morgan fingerprint density at radius 1 is 1.24 bits per heavy atom. The molecule has 0 aliphatic carbocycles. The van der Waals surface area contributed by atoms with Gasteiger partial charge in [0.05, 0.1) is 12.2 Å². The molecular weight excluding hydrogens is 429 g/mol. The number of morpholine rings is 1. The van der Waals surface area contributed by atoms with Crippen molar-refractivity contribution in [2.45, 2.75) is 38.9 Å². The Morgan fingerprint density at radius 3 is 2.56 bits per heavy atom. The maximum Gasteiger partial charge on any atom is 0.321 e. The molecule has 1 aromatic carbocycles. The summed E-state index contributed by atoms with van der Waals surface area (Å²) < 4.78 is 6.94. The first-order chi connectivity index (χ1) is 12.0. The Hall–Kier alpha value is -0.860. The lowest BCUT2D eigenvalue weighted by molar-refractivity contribution is -0.0728. The van der Waals surface area contributed by atoms with E-state index in [9.17, 15) is 4.79 Å². The molecule has 6 heteroatoms. The van der Waals surface area contributed by atoms with Crippen LogP contribution in [0, 0.1) is 9.49 Å². The number of amides is 2. The molecule has 2 heterocycles. The average molecular weight is 457 g/mol. The second kappa shape index (κ2) is 8.68. The minimum atomic E-state index is 0.0223. The van der Waals surface area contributed by atoms with E-state index < -0.39 is 0 Å². The number of urea groups is 1. The number of nitrogens with zero attached hydrogens (tertiary/aromatic N) is 2. The summed E-state index contributed by atoms with van der Waals surface area (Å²) in [7, 11) is 0. The normalized spacial score (nSPS) is 25.8. The van der Waals surface area contributed by atoms with Gasteiger partial charge in [-0.25, -0.2) is 4.79 Å². The number of halogens is 1. The first-order valence-electron chi connectivity index (χ1n) is 9.19. The van der Waals surface area contributed by atoms with Gasteiger partial charge in [0.2, 0.25) is 0 Å². The molecule has 25 heavy (non-hydrogen) atoms. The molecule has 0 radical (unpaired) electrons. The van der Waals surface area contributed by atoms with Gasteiger partial charge in [0.1, 0.15) is 0 Å². The number of hydrogen-bond acceptors (Lipinski definition) is 3. The predicted octanol–water partition coefficient (Wildman–Crippen LogP) is 3.64. The molecule has 2 aliphatic heterocycles. The minimum absolute atomic E-state index is 0.0223. The summed E-state index contributed by atoms with van der Waals surface area (Å²) in [5, 5.41) is 3.02. The van der Waals surface area contributed by atoms with Crippen LogP contribution in [0.5, 0.6) is 0 Å². The van der Waals surface area contributed by atoms with Crippen molar-refractivity contribution in [3.8, 4) is 0 Å². The van der Waals surface area contributed by atoms with Crippen molar-refractivity contribution in [3.05, 3.63) is 27.8 Å². The Bertz CT molecular complexity index is 580. The Labute approximate surface area is 164 Å². The lowest BCUT2D eigenvalue weighted by atomic mass is 9.96. The zero-order chi connectivity index (χ0) is 17.8. The van der Waals surface area contributed by atoms with Crippen LogP contribution >= 0.6 is 22.6 Å². The van der Waals surface area contributed by atoms with Gasteiger partial charge in [-0.15, -0.1) is 0 Å². The third-order valence-electron chi connectivity index (χ3n) is 4.99. The van der Waals surface area contributed by atoms with Gasteiger partial charge in [0, 0.05) is 42.0 Å². The van der Waals surface area contributed by atoms with Gasteiger partial charge < -0.3 is 15.0 Å². The SMILES string of the molecule is CC1CN(CC2CCN(C(=O)Nc3cccc(I)c3)CC2)CC(C)O1. The van der Waals surface area contributed by atoms with Crippen molar-refractivity contribution in [3.63, 3.8) is 0 Å². The number of piperidine rings is 1. The molecule has 2 unspecified atom stereocenters. The van der Waals surface area contributed by atoms with Crippen molar-refractivity contribution in [2.75, 3.05) is 38.0 Å². The maximum absolute atomic E-state index is 12.4. The molecule has 1 N–H and O–H groups in total. The number of anilines is 1. The molecule has 1 aromatic rings. The van der Waals surface area contributed by atoms with E-state index in [1.807, 2.05) is 29.2 Å². The number of ether oxygens (including phenoxy) is 1. The molecule has 0 bridgehead atoms. The van der Waals surface area contributed by atoms with E-state index in [-0.39, 0.29) is 6.03 Å². The number of nitrogens with one attached hydrogen (secondary N) is 1. The number of likely N-dealkylation sites (tertiary alicyclic amines) is 1. The van der Waals surface area contributed by atoms with Gasteiger partial charge in [-0.05, 0) is 73.4 Å². The second-order valence-electron chi connectivity index (χ2n) is 7.35. The summed E-state index contributed by atoms with van der Waals surface area (Å²) in [5.41, 5.74) is 0.871. The van der Waals surface area contributed by atoms with Crippen molar-refractivity contribution in [2.24, 2.45) is 5.92 Å². The zero-order valence-corrected chi connectivity index (χ0v) is 17.2. The van der Waals surface area contributed by atoms with Gasteiger partial charge in [-0.1, -0.05) is 6.07 Å². The molecule has 3 rings (SSSR count). The first kappa shape index (κ1) is 18.9. The van der Waals surface area contributed by atoms with E-state index in [0.717, 1.165) is 54.8 Å². The highest BCUT2D eigenvalue weighted by Gasteiger charge is 2.27. The van der Waals surface area contributed by atoms with Crippen LogP contribution < -0.4 is 5.32 Å². The molecule has 2 amide bonds. The summed E-state index contributed by atoms with van der Waals surface area (Å²) >= 11 is 2.26. The van der Waals surface area contributed by atoms with Gasteiger partial charge in [-0.2, -0.15) is 0 Å². The topological polar surface area (TPSA) is 44.8 Å². The molecule has 2 aliphatic rings. The van der Waals surface area contributed by atoms with Crippen molar-refractivity contribution < 1.29 is 9.53 Å². The standard InChI is InChI=1S/C19H28IN3O2/c1-14-11-22(12-15(2)25-14)13-16-6-8-23(9-7-16)19(24)21-18-5-3-4-17(20)10-18/h3-5,10,14-16H,6-9,11-13H2,1-2H3,(H,21,24). The molecule has 2 atom stereocenters. The predicted molar refractivity (Wildman–Crippen MR) is 109 cm³/mol. The third kappa shape index (κ3) is 5.56. The van der Waals surface area contributed by atoms with Gasteiger partial charge in [0.15, 0.2) is 0 Å². The molecular formula is C19H28IN3O2. The van der Waals surface area contributed by atoms with Gasteiger partial charge in [0.25, 0.3) is 0 Å². The molecule has 0 aromatic heterocycles. The van der Waals surface area contributed by atoms with Crippen LogP contribution in [0.1, 0.15) is 26.7 Å². The fraction of sp³-hybridized carbons (Fsp3) is 0.632. The Balaban J connectivity index is 1.44. The number of carbonyl (C=O) groups is 1. The van der Waals surface area contributed by atoms with E-state index in [1.54, 1.807) is 0 Å². The van der Waals surface area contributed by atoms with Crippen LogP contribution in [-0.2, 0) is 4.74 Å². The number of rotatable bonds is 3. The summed E-state index contributed by atoms with van der Waals surface area (Å²) in [6.07, 6.45) is 2.81. The van der Waals surface area contributed by atoms with Crippen molar-refractivity contribution >= 4 is 34.3 Å². The van der Waals surface area contributed by atoms with Crippen LogP contribution in [0.15, 0.2) is 24.3 Å². The van der Waals surface area contributed by atoms with Crippen LogP contribution in [0.2, 0.25) is 0 Å². The number of hydrogen-bond donors (Lipinski definition) is 1. The fourth-order valence-corrected chi connectivity index (χ4v) is 4.43. The molecule has 138 valence electrons. The van der Waals surface area contributed by atoms with Gasteiger partial charge in [-0.3, -0.25) is 4.90 Å². The molecule has 5 nitrogen and oxygen atoms in total. The third-order valence-corrected chi connectivity index (χ3v) is 5.66. The van der Waals surface area contributed by atoms with Crippen molar-refractivity contribution in [1.29, 1.82) is 0 Å². The van der Waals surface area contributed by atoms with Crippen LogP contribution in [-0.4, -0.2) is 60.8 Å². The largest absolute Gasteiger partial charge is 0.373 e.